The summed E-state index contributed by atoms with van der Waals surface area (Å²) in [6.45, 7) is 1.81. The van der Waals surface area contributed by atoms with Crippen LogP contribution in [0.2, 0.25) is 0 Å². The van der Waals surface area contributed by atoms with Gasteiger partial charge in [-0.15, -0.1) is 0 Å². The first kappa shape index (κ1) is 16.8. The Balaban J connectivity index is 4.17. The third kappa shape index (κ3) is 4.99. The summed E-state index contributed by atoms with van der Waals surface area (Å²) in [5.41, 5.74) is -1.34. The van der Waals surface area contributed by atoms with Crippen LogP contribution in [0.15, 0.2) is 0 Å². The van der Waals surface area contributed by atoms with Gasteiger partial charge < -0.3 is 25.0 Å². The molecule has 0 fully saturated rings. The molecule has 1 amide bonds. The quantitative estimate of drug-likeness (QED) is 0.453. The Morgan fingerprint density at radius 3 is 2.11 bits per heavy atom. The van der Waals surface area contributed by atoms with E-state index in [0.717, 1.165) is 0 Å². The molecular weight excluding hydrogens is 242 g/mol. The highest BCUT2D eigenvalue weighted by Crippen LogP contribution is 2.16. The number of nitrogens with zero attached hydrogens (tertiary/aromatic N) is 1. The second-order valence-electron chi connectivity index (χ2n) is 4.24. The van der Waals surface area contributed by atoms with Gasteiger partial charge in [0.1, 0.15) is 12.0 Å². The number of hydrogen-bond donors (Lipinski definition) is 3. The second-order valence-corrected chi connectivity index (χ2v) is 4.24. The number of aliphatic hydroxyl groups is 3. The van der Waals surface area contributed by atoms with Crippen molar-refractivity contribution in [1.29, 1.82) is 0 Å². The lowest BCUT2D eigenvalue weighted by Crippen LogP contribution is -2.39. The first-order valence-corrected chi connectivity index (χ1v) is 5.66. The van der Waals surface area contributed by atoms with Gasteiger partial charge in [-0.25, -0.2) is 0 Å². The van der Waals surface area contributed by atoms with E-state index < -0.39 is 24.6 Å². The Morgan fingerprint density at radius 1 is 1.17 bits per heavy atom. The van der Waals surface area contributed by atoms with Crippen molar-refractivity contribution in [3.8, 4) is 0 Å². The molecule has 0 aliphatic heterocycles. The van der Waals surface area contributed by atoms with Crippen LogP contribution in [-0.4, -0.2) is 71.6 Å². The molecular formula is C11H21NO6. The molecule has 0 spiro atoms. The van der Waals surface area contributed by atoms with Gasteiger partial charge in [-0.05, 0) is 6.92 Å². The molecule has 0 aromatic rings. The first-order valence-electron chi connectivity index (χ1n) is 5.66. The van der Waals surface area contributed by atoms with Crippen LogP contribution in [0, 0.1) is 5.41 Å². The second kappa shape index (κ2) is 8.02. The average Bonchev–Trinajstić information content (AvgIpc) is 2.36. The van der Waals surface area contributed by atoms with E-state index in [1.54, 1.807) is 0 Å². The smallest absolute Gasteiger partial charge is 0.316 e. The van der Waals surface area contributed by atoms with Crippen LogP contribution in [0.3, 0.4) is 0 Å². The molecule has 3 N–H and O–H groups in total. The minimum absolute atomic E-state index is 0.0476. The van der Waals surface area contributed by atoms with Crippen LogP contribution in [-0.2, 0) is 14.3 Å². The predicted molar refractivity (Wildman–Crippen MR) is 62.6 cm³/mol. The SMILES string of the molecule is CC(=O)N(CCO)CCOC(=O)C(C)(CO)CO. The minimum Gasteiger partial charge on any atom is -0.463 e. The van der Waals surface area contributed by atoms with E-state index in [1.807, 2.05) is 0 Å². The number of aliphatic hydroxyl groups excluding tert-OH is 3. The molecule has 0 aromatic carbocycles. The molecule has 106 valence electrons. The van der Waals surface area contributed by atoms with Crippen molar-refractivity contribution >= 4 is 11.9 Å². The number of ether oxygens (including phenoxy) is 1. The summed E-state index contributed by atoms with van der Waals surface area (Å²) in [6.07, 6.45) is 0. The molecule has 7 nitrogen and oxygen atoms in total. The zero-order valence-electron chi connectivity index (χ0n) is 10.8. The van der Waals surface area contributed by atoms with Gasteiger partial charge in [-0.1, -0.05) is 0 Å². The van der Waals surface area contributed by atoms with Gasteiger partial charge in [-0.3, -0.25) is 9.59 Å². The van der Waals surface area contributed by atoms with Crippen molar-refractivity contribution in [1.82, 2.24) is 4.90 Å². The lowest BCUT2D eigenvalue weighted by Gasteiger charge is -2.24. The Morgan fingerprint density at radius 2 is 1.72 bits per heavy atom. The van der Waals surface area contributed by atoms with Gasteiger partial charge >= 0.3 is 5.97 Å². The van der Waals surface area contributed by atoms with Crippen molar-refractivity contribution < 1.29 is 29.6 Å². The van der Waals surface area contributed by atoms with Crippen molar-refractivity contribution in [2.45, 2.75) is 13.8 Å². The minimum atomic E-state index is -1.34. The molecule has 18 heavy (non-hydrogen) atoms. The van der Waals surface area contributed by atoms with Crippen LogP contribution in [0.1, 0.15) is 13.8 Å². The zero-order chi connectivity index (χ0) is 14.2. The highest BCUT2D eigenvalue weighted by atomic mass is 16.5. The molecule has 0 aliphatic rings. The molecule has 0 saturated heterocycles. The number of carbonyl (C=O) groups is 2. The highest BCUT2D eigenvalue weighted by Gasteiger charge is 2.33. The Hall–Kier alpha value is -1.18. The van der Waals surface area contributed by atoms with E-state index in [-0.39, 0.29) is 32.2 Å². The predicted octanol–water partition coefficient (Wildman–Crippen LogP) is -1.64. The van der Waals surface area contributed by atoms with Gasteiger partial charge in [0.25, 0.3) is 0 Å². The van der Waals surface area contributed by atoms with Crippen LogP contribution >= 0.6 is 0 Å². The third-order valence-electron chi connectivity index (χ3n) is 2.60. The van der Waals surface area contributed by atoms with Crippen LogP contribution in [0.4, 0.5) is 0 Å². The van der Waals surface area contributed by atoms with Gasteiger partial charge in [0.2, 0.25) is 5.91 Å². The monoisotopic (exact) mass is 263 g/mol. The Kier molecular flexibility index (Phi) is 7.49. The topological polar surface area (TPSA) is 107 Å². The van der Waals surface area contributed by atoms with E-state index in [9.17, 15) is 9.59 Å². The molecule has 7 heteroatoms. The summed E-state index contributed by atoms with van der Waals surface area (Å²) in [5.74, 6) is -0.952. The van der Waals surface area contributed by atoms with Crippen molar-refractivity contribution in [3.05, 3.63) is 0 Å². The van der Waals surface area contributed by atoms with E-state index in [1.165, 1.54) is 18.7 Å². The summed E-state index contributed by atoms with van der Waals surface area (Å²) in [5, 5.41) is 26.7. The van der Waals surface area contributed by atoms with Crippen molar-refractivity contribution in [2.75, 3.05) is 39.5 Å². The molecule has 0 unspecified atom stereocenters. The number of carbonyl (C=O) groups excluding carboxylic acids is 2. The highest BCUT2D eigenvalue weighted by molar-refractivity contribution is 5.77. The molecule has 0 rings (SSSR count). The Bertz CT molecular complexity index is 277. The van der Waals surface area contributed by atoms with Crippen molar-refractivity contribution in [2.24, 2.45) is 5.41 Å². The maximum atomic E-state index is 11.5. The molecule has 0 aliphatic carbocycles. The largest absolute Gasteiger partial charge is 0.463 e. The summed E-state index contributed by atoms with van der Waals surface area (Å²) in [6, 6.07) is 0. The van der Waals surface area contributed by atoms with Gasteiger partial charge in [0.05, 0.1) is 26.4 Å². The zero-order valence-corrected chi connectivity index (χ0v) is 10.8. The number of esters is 1. The van der Waals surface area contributed by atoms with Gasteiger partial charge in [0, 0.05) is 13.5 Å². The summed E-state index contributed by atoms with van der Waals surface area (Å²) in [7, 11) is 0. The maximum Gasteiger partial charge on any atom is 0.316 e. The fraction of sp³-hybridized carbons (Fsp3) is 0.818. The van der Waals surface area contributed by atoms with E-state index in [2.05, 4.69) is 0 Å². The molecule has 0 aromatic heterocycles. The third-order valence-corrected chi connectivity index (χ3v) is 2.60. The van der Waals surface area contributed by atoms with E-state index in [0.29, 0.717) is 0 Å². The van der Waals surface area contributed by atoms with Crippen LogP contribution < -0.4 is 0 Å². The van der Waals surface area contributed by atoms with Crippen LogP contribution in [0.5, 0.6) is 0 Å². The lowest BCUT2D eigenvalue weighted by molar-refractivity contribution is -0.161. The molecule has 0 saturated carbocycles. The number of amides is 1. The van der Waals surface area contributed by atoms with Crippen molar-refractivity contribution in [3.63, 3.8) is 0 Å². The molecule has 0 heterocycles. The average molecular weight is 263 g/mol. The fourth-order valence-electron chi connectivity index (χ4n) is 1.15. The number of rotatable bonds is 8. The Labute approximate surface area is 106 Å². The molecule has 0 radical (unpaired) electrons. The van der Waals surface area contributed by atoms with E-state index >= 15 is 0 Å². The fourth-order valence-corrected chi connectivity index (χ4v) is 1.15. The lowest BCUT2D eigenvalue weighted by atomic mass is 9.93. The maximum absolute atomic E-state index is 11.5. The number of hydrogen-bond acceptors (Lipinski definition) is 6. The standard InChI is InChI=1S/C11H21NO6/c1-9(16)12(3-5-13)4-6-18-10(17)11(2,7-14)8-15/h13-15H,3-8H2,1-2H3. The first-order chi connectivity index (χ1) is 8.41. The summed E-state index contributed by atoms with van der Waals surface area (Å²) in [4.78, 5) is 24.0. The van der Waals surface area contributed by atoms with E-state index in [4.69, 9.17) is 20.1 Å². The molecule has 0 atom stereocenters. The molecule has 0 bridgehead atoms. The van der Waals surface area contributed by atoms with Crippen LogP contribution in [0.25, 0.3) is 0 Å². The normalized spacial score (nSPS) is 11.2. The summed E-state index contributed by atoms with van der Waals surface area (Å²) < 4.78 is 4.88. The van der Waals surface area contributed by atoms with Gasteiger partial charge in [0.15, 0.2) is 0 Å². The summed E-state index contributed by atoms with van der Waals surface area (Å²) >= 11 is 0. The van der Waals surface area contributed by atoms with Gasteiger partial charge in [-0.2, -0.15) is 0 Å².